The molecule has 0 saturated carbocycles. The van der Waals surface area contributed by atoms with Crippen LogP contribution in [-0.2, 0) is 0 Å². The van der Waals surface area contributed by atoms with Gasteiger partial charge in [0.25, 0.3) is 0 Å². The van der Waals surface area contributed by atoms with Gasteiger partial charge in [-0.2, -0.15) is 0 Å². The topological polar surface area (TPSA) is 37.4 Å². The molecule has 100 valence electrons. The van der Waals surface area contributed by atoms with Crippen LogP contribution in [0.15, 0.2) is 18.3 Å². The van der Waals surface area contributed by atoms with Gasteiger partial charge in [0.05, 0.1) is 6.10 Å². The summed E-state index contributed by atoms with van der Waals surface area (Å²) in [5.41, 5.74) is 0.116. The van der Waals surface area contributed by atoms with E-state index in [1.807, 2.05) is 32.2 Å². The zero-order valence-electron chi connectivity index (χ0n) is 11.7. The lowest BCUT2D eigenvalue weighted by Gasteiger charge is -2.40. The zero-order valence-corrected chi connectivity index (χ0v) is 11.7. The maximum atomic E-state index is 5.84. The van der Waals surface area contributed by atoms with Crippen molar-refractivity contribution in [1.82, 2.24) is 10.3 Å². The molecule has 0 aromatic carbocycles. The van der Waals surface area contributed by atoms with Gasteiger partial charge in [0.15, 0.2) is 11.6 Å². The van der Waals surface area contributed by atoms with Crippen LogP contribution in [0.25, 0.3) is 0 Å². The minimum atomic E-state index is 0.116. The van der Waals surface area contributed by atoms with Gasteiger partial charge in [-0.05, 0) is 39.8 Å². The van der Waals surface area contributed by atoms with Gasteiger partial charge in [-0.25, -0.2) is 4.98 Å². The van der Waals surface area contributed by atoms with Crippen LogP contribution < -0.4 is 15.0 Å². The largest absolute Gasteiger partial charge is 0.487 e. The summed E-state index contributed by atoms with van der Waals surface area (Å²) in [7, 11) is 0. The van der Waals surface area contributed by atoms with Crippen molar-refractivity contribution in [2.24, 2.45) is 0 Å². The van der Waals surface area contributed by atoms with Gasteiger partial charge in [-0.3, -0.25) is 0 Å². The lowest BCUT2D eigenvalue weighted by Crippen LogP contribution is -2.57. The number of aromatic nitrogens is 1. The van der Waals surface area contributed by atoms with E-state index in [1.54, 1.807) is 0 Å². The monoisotopic (exact) mass is 249 g/mol. The van der Waals surface area contributed by atoms with Crippen LogP contribution in [0.5, 0.6) is 5.75 Å². The molecule has 2 heterocycles. The third-order valence-electron chi connectivity index (χ3n) is 2.98. The van der Waals surface area contributed by atoms with Crippen molar-refractivity contribution in [1.29, 1.82) is 0 Å². The number of hydrogen-bond donors (Lipinski definition) is 1. The van der Waals surface area contributed by atoms with Crippen molar-refractivity contribution in [3.05, 3.63) is 18.3 Å². The second-order valence-electron chi connectivity index (χ2n) is 5.72. The van der Waals surface area contributed by atoms with Crippen LogP contribution in [0, 0.1) is 0 Å². The summed E-state index contributed by atoms with van der Waals surface area (Å²) in [4.78, 5) is 6.79. The summed E-state index contributed by atoms with van der Waals surface area (Å²) >= 11 is 0. The van der Waals surface area contributed by atoms with Crippen LogP contribution in [-0.4, -0.2) is 36.3 Å². The van der Waals surface area contributed by atoms with E-state index in [9.17, 15) is 0 Å². The minimum Gasteiger partial charge on any atom is -0.487 e. The molecule has 1 saturated heterocycles. The first-order valence-corrected chi connectivity index (χ1v) is 6.59. The number of nitrogens with one attached hydrogen (secondary N) is 1. The standard InChI is InChI=1S/C14H23N3O/c1-11(2)18-12-6-5-7-15-13(12)17-9-8-16-14(3,4)10-17/h5-7,11,16H,8-10H2,1-4H3. The maximum absolute atomic E-state index is 5.84. The van der Waals surface area contributed by atoms with Crippen LogP contribution >= 0.6 is 0 Å². The first kappa shape index (κ1) is 13.1. The molecular formula is C14H23N3O. The Hall–Kier alpha value is -1.29. The van der Waals surface area contributed by atoms with E-state index in [4.69, 9.17) is 4.74 Å². The lowest BCUT2D eigenvalue weighted by molar-refractivity contribution is 0.240. The van der Waals surface area contributed by atoms with Gasteiger partial charge in [0.1, 0.15) is 0 Å². The molecule has 2 rings (SSSR count). The van der Waals surface area contributed by atoms with Gasteiger partial charge in [0.2, 0.25) is 0 Å². The molecule has 1 aliphatic rings. The van der Waals surface area contributed by atoms with Gasteiger partial charge < -0.3 is 15.0 Å². The smallest absolute Gasteiger partial charge is 0.171 e. The molecule has 0 aliphatic carbocycles. The quantitative estimate of drug-likeness (QED) is 0.889. The number of pyridine rings is 1. The highest BCUT2D eigenvalue weighted by Crippen LogP contribution is 2.28. The average molecular weight is 249 g/mol. The van der Waals surface area contributed by atoms with Gasteiger partial charge in [0, 0.05) is 31.4 Å². The lowest BCUT2D eigenvalue weighted by atomic mass is 10.0. The molecule has 0 unspecified atom stereocenters. The molecule has 1 aromatic heterocycles. The Morgan fingerprint density at radius 1 is 1.44 bits per heavy atom. The molecule has 1 fully saturated rings. The van der Waals surface area contributed by atoms with E-state index in [-0.39, 0.29) is 11.6 Å². The highest BCUT2D eigenvalue weighted by molar-refractivity contribution is 5.53. The summed E-state index contributed by atoms with van der Waals surface area (Å²) < 4.78 is 5.84. The highest BCUT2D eigenvalue weighted by Gasteiger charge is 2.28. The third kappa shape index (κ3) is 3.13. The molecule has 4 nitrogen and oxygen atoms in total. The molecule has 0 atom stereocenters. The van der Waals surface area contributed by atoms with Crippen LogP contribution in [0.1, 0.15) is 27.7 Å². The van der Waals surface area contributed by atoms with E-state index in [0.717, 1.165) is 31.2 Å². The average Bonchev–Trinajstić information content (AvgIpc) is 2.27. The van der Waals surface area contributed by atoms with E-state index >= 15 is 0 Å². The van der Waals surface area contributed by atoms with E-state index < -0.39 is 0 Å². The molecule has 1 aliphatic heterocycles. The SMILES string of the molecule is CC(C)Oc1cccnc1N1CCNC(C)(C)C1. The van der Waals surface area contributed by atoms with Gasteiger partial charge >= 0.3 is 0 Å². The fourth-order valence-corrected chi connectivity index (χ4v) is 2.29. The molecular weight excluding hydrogens is 226 g/mol. The Labute approximate surface area is 109 Å². The minimum absolute atomic E-state index is 0.116. The summed E-state index contributed by atoms with van der Waals surface area (Å²) in [6.07, 6.45) is 2.00. The highest BCUT2D eigenvalue weighted by atomic mass is 16.5. The maximum Gasteiger partial charge on any atom is 0.171 e. The first-order chi connectivity index (χ1) is 8.48. The number of anilines is 1. The van der Waals surface area contributed by atoms with Crippen LogP contribution in [0.4, 0.5) is 5.82 Å². The van der Waals surface area contributed by atoms with Crippen molar-refractivity contribution in [2.45, 2.75) is 39.3 Å². The van der Waals surface area contributed by atoms with Crippen LogP contribution in [0.2, 0.25) is 0 Å². The van der Waals surface area contributed by atoms with Crippen molar-refractivity contribution >= 4 is 5.82 Å². The first-order valence-electron chi connectivity index (χ1n) is 6.59. The molecule has 1 N–H and O–H groups in total. The summed E-state index contributed by atoms with van der Waals surface area (Å²) in [5, 5.41) is 3.51. The van der Waals surface area contributed by atoms with Crippen molar-refractivity contribution in [3.63, 3.8) is 0 Å². The summed E-state index contributed by atoms with van der Waals surface area (Å²) in [5.74, 6) is 1.84. The molecule has 0 amide bonds. The Morgan fingerprint density at radius 3 is 2.89 bits per heavy atom. The van der Waals surface area contributed by atoms with Crippen molar-refractivity contribution in [3.8, 4) is 5.75 Å². The predicted molar refractivity (Wildman–Crippen MR) is 74.3 cm³/mol. The Morgan fingerprint density at radius 2 is 2.22 bits per heavy atom. The number of rotatable bonds is 3. The second kappa shape index (κ2) is 5.14. The van der Waals surface area contributed by atoms with E-state index in [1.165, 1.54) is 0 Å². The van der Waals surface area contributed by atoms with Crippen LogP contribution in [0.3, 0.4) is 0 Å². The Balaban J connectivity index is 2.21. The normalized spacial score (nSPS) is 19.1. The second-order valence-corrected chi connectivity index (χ2v) is 5.72. The number of piperazine rings is 1. The van der Waals surface area contributed by atoms with Crippen molar-refractivity contribution in [2.75, 3.05) is 24.5 Å². The molecule has 0 radical (unpaired) electrons. The summed E-state index contributed by atoms with van der Waals surface area (Å²) in [6, 6.07) is 3.92. The fraction of sp³-hybridized carbons (Fsp3) is 0.643. The molecule has 18 heavy (non-hydrogen) atoms. The Bertz CT molecular complexity index is 404. The van der Waals surface area contributed by atoms with Gasteiger partial charge in [-0.1, -0.05) is 0 Å². The molecule has 0 spiro atoms. The number of ether oxygens (including phenoxy) is 1. The fourth-order valence-electron chi connectivity index (χ4n) is 2.29. The van der Waals surface area contributed by atoms with E-state index in [0.29, 0.717) is 0 Å². The molecule has 0 bridgehead atoms. The third-order valence-corrected chi connectivity index (χ3v) is 2.98. The Kier molecular flexibility index (Phi) is 3.76. The zero-order chi connectivity index (χ0) is 13.2. The number of hydrogen-bond acceptors (Lipinski definition) is 4. The molecule has 1 aromatic rings. The number of nitrogens with zero attached hydrogens (tertiary/aromatic N) is 2. The van der Waals surface area contributed by atoms with Crippen molar-refractivity contribution < 1.29 is 4.74 Å². The summed E-state index contributed by atoms with van der Waals surface area (Å²) in [6.45, 7) is 11.4. The molecule has 4 heteroatoms. The predicted octanol–water partition coefficient (Wildman–Crippen LogP) is 2.06. The van der Waals surface area contributed by atoms with E-state index in [2.05, 4.69) is 29.0 Å². The van der Waals surface area contributed by atoms with Gasteiger partial charge in [-0.15, -0.1) is 0 Å².